The monoisotopic (exact) mass is 250 g/mol. The Bertz CT molecular complexity index is 406. The highest BCUT2D eigenvalue weighted by atomic mass is 16.4. The van der Waals surface area contributed by atoms with Crippen molar-refractivity contribution in [2.45, 2.75) is 25.8 Å². The van der Waals surface area contributed by atoms with E-state index in [4.69, 9.17) is 10.8 Å². The summed E-state index contributed by atoms with van der Waals surface area (Å²) in [7, 11) is 0. The zero-order valence-corrected chi connectivity index (χ0v) is 10.4. The molecule has 1 aromatic rings. The molecule has 0 aliphatic heterocycles. The second kappa shape index (κ2) is 6.76. The number of hydrogen-bond acceptors (Lipinski definition) is 3. The SMILES string of the molecule is CCN(C(=O)C(N)CCC(=O)O)c1ccccc1. The molecule has 0 saturated heterocycles. The molecule has 0 heterocycles. The Morgan fingerprint density at radius 2 is 1.94 bits per heavy atom. The molecule has 5 nitrogen and oxygen atoms in total. The van der Waals surface area contributed by atoms with E-state index in [0.29, 0.717) is 6.54 Å². The van der Waals surface area contributed by atoms with Crippen molar-refractivity contribution in [2.75, 3.05) is 11.4 Å². The van der Waals surface area contributed by atoms with E-state index in [1.807, 2.05) is 37.3 Å². The Morgan fingerprint density at radius 1 is 1.33 bits per heavy atom. The first-order chi connectivity index (χ1) is 8.56. The zero-order chi connectivity index (χ0) is 13.5. The molecule has 3 N–H and O–H groups in total. The first-order valence-corrected chi connectivity index (χ1v) is 5.90. The van der Waals surface area contributed by atoms with Crippen LogP contribution < -0.4 is 10.6 Å². The van der Waals surface area contributed by atoms with E-state index in [1.165, 1.54) is 0 Å². The van der Waals surface area contributed by atoms with Gasteiger partial charge in [0.25, 0.3) is 0 Å². The Morgan fingerprint density at radius 3 is 2.44 bits per heavy atom. The quantitative estimate of drug-likeness (QED) is 0.795. The van der Waals surface area contributed by atoms with Crippen LogP contribution in [-0.4, -0.2) is 29.6 Å². The van der Waals surface area contributed by atoms with Crippen molar-refractivity contribution < 1.29 is 14.7 Å². The fourth-order valence-electron chi connectivity index (χ4n) is 1.68. The fourth-order valence-corrected chi connectivity index (χ4v) is 1.68. The summed E-state index contributed by atoms with van der Waals surface area (Å²) in [6, 6.07) is 8.42. The van der Waals surface area contributed by atoms with Crippen LogP contribution in [0.25, 0.3) is 0 Å². The maximum absolute atomic E-state index is 12.1. The first kappa shape index (κ1) is 14.2. The second-order valence-electron chi connectivity index (χ2n) is 3.96. The minimum Gasteiger partial charge on any atom is -0.481 e. The van der Waals surface area contributed by atoms with Crippen molar-refractivity contribution in [2.24, 2.45) is 5.73 Å². The second-order valence-corrected chi connectivity index (χ2v) is 3.96. The Hall–Kier alpha value is -1.88. The number of benzene rings is 1. The molecule has 1 rings (SSSR count). The third-order valence-corrected chi connectivity index (χ3v) is 2.64. The number of likely N-dealkylation sites (N-methyl/N-ethyl adjacent to an activating group) is 1. The number of amides is 1. The van der Waals surface area contributed by atoms with Gasteiger partial charge >= 0.3 is 5.97 Å². The number of rotatable bonds is 6. The molecule has 98 valence electrons. The molecule has 18 heavy (non-hydrogen) atoms. The van der Waals surface area contributed by atoms with E-state index in [9.17, 15) is 9.59 Å². The lowest BCUT2D eigenvalue weighted by Crippen LogP contribution is -2.44. The summed E-state index contributed by atoms with van der Waals surface area (Å²) >= 11 is 0. The van der Waals surface area contributed by atoms with E-state index in [0.717, 1.165) is 5.69 Å². The van der Waals surface area contributed by atoms with Crippen LogP contribution in [0.15, 0.2) is 30.3 Å². The van der Waals surface area contributed by atoms with Crippen molar-refractivity contribution in [3.8, 4) is 0 Å². The van der Waals surface area contributed by atoms with Gasteiger partial charge in [-0.05, 0) is 25.5 Å². The van der Waals surface area contributed by atoms with Gasteiger partial charge in [-0.3, -0.25) is 9.59 Å². The van der Waals surface area contributed by atoms with Crippen LogP contribution >= 0.6 is 0 Å². The smallest absolute Gasteiger partial charge is 0.303 e. The third-order valence-electron chi connectivity index (χ3n) is 2.64. The molecule has 0 radical (unpaired) electrons. The highest BCUT2D eigenvalue weighted by molar-refractivity contribution is 5.97. The topological polar surface area (TPSA) is 83.6 Å². The van der Waals surface area contributed by atoms with Gasteiger partial charge in [-0.25, -0.2) is 0 Å². The van der Waals surface area contributed by atoms with Gasteiger partial charge in [0.05, 0.1) is 6.04 Å². The summed E-state index contributed by atoms with van der Waals surface area (Å²) < 4.78 is 0. The Balaban J connectivity index is 2.71. The molecule has 1 aromatic carbocycles. The molecule has 1 amide bonds. The summed E-state index contributed by atoms with van der Waals surface area (Å²) in [6.45, 7) is 2.36. The summed E-state index contributed by atoms with van der Waals surface area (Å²) in [6.07, 6.45) is 0.0523. The number of aliphatic carboxylic acids is 1. The summed E-state index contributed by atoms with van der Waals surface area (Å²) in [5.41, 5.74) is 6.50. The number of carboxylic acids is 1. The summed E-state index contributed by atoms with van der Waals surface area (Å²) in [4.78, 5) is 24.1. The maximum atomic E-state index is 12.1. The van der Waals surface area contributed by atoms with Crippen LogP contribution in [0.3, 0.4) is 0 Å². The van der Waals surface area contributed by atoms with Crippen molar-refractivity contribution in [3.63, 3.8) is 0 Å². The molecule has 0 saturated carbocycles. The molecular weight excluding hydrogens is 232 g/mol. The number of nitrogens with zero attached hydrogens (tertiary/aromatic N) is 1. The molecule has 1 atom stereocenters. The van der Waals surface area contributed by atoms with Crippen LogP contribution in [0, 0.1) is 0 Å². The normalized spacial score (nSPS) is 11.9. The standard InChI is InChI=1S/C13H18N2O3/c1-2-15(10-6-4-3-5-7-10)13(18)11(14)8-9-12(16)17/h3-7,11H,2,8-9,14H2,1H3,(H,16,17). The van der Waals surface area contributed by atoms with Gasteiger partial charge in [-0.15, -0.1) is 0 Å². The van der Waals surface area contributed by atoms with E-state index in [1.54, 1.807) is 4.90 Å². The summed E-state index contributed by atoms with van der Waals surface area (Å²) in [5, 5.41) is 8.58. The van der Waals surface area contributed by atoms with Gasteiger partial charge in [0, 0.05) is 18.7 Å². The van der Waals surface area contributed by atoms with Crippen LogP contribution in [0.5, 0.6) is 0 Å². The predicted octanol–water partition coefficient (Wildman–Crippen LogP) is 1.23. The molecule has 1 unspecified atom stereocenters. The molecular formula is C13H18N2O3. The Labute approximate surface area is 106 Å². The zero-order valence-electron chi connectivity index (χ0n) is 10.4. The average Bonchev–Trinajstić information content (AvgIpc) is 2.38. The van der Waals surface area contributed by atoms with Gasteiger partial charge < -0.3 is 15.7 Å². The molecule has 5 heteroatoms. The largest absolute Gasteiger partial charge is 0.481 e. The highest BCUT2D eigenvalue weighted by Crippen LogP contribution is 2.14. The number of hydrogen-bond donors (Lipinski definition) is 2. The Kier molecular flexibility index (Phi) is 5.32. The molecule has 0 aliphatic rings. The molecule has 0 bridgehead atoms. The number of anilines is 1. The summed E-state index contributed by atoms with van der Waals surface area (Å²) in [5.74, 6) is -1.19. The van der Waals surface area contributed by atoms with Crippen molar-refractivity contribution >= 4 is 17.6 Å². The van der Waals surface area contributed by atoms with Gasteiger partial charge in [0.15, 0.2) is 0 Å². The van der Waals surface area contributed by atoms with Crippen LogP contribution in [-0.2, 0) is 9.59 Å². The van der Waals surface area contributed by atoms with Gasteiger partial charge in [0.1, 0.15) is 0 Å². The van der Waals surface area contributed by atoms with Crippen LogP contribution in [0.2, 0.25) is 0 Å². The molecule has 0 aliphatic carbocycles. The highest BCUT2D eigenvalue weighted by Gasteiger charge is 2.21. The lowest BCUT2D eigenvalue weighted by Gasteiger charge is -2.24. The first-order valence-electron chi connectivity index (χ1n) is 5.90. The van der Waals surface area contributed by atoms with Gasteiger partial charge in [0.2, 0.25) is 5.91 Å². The van der Waals surface area contributed by atoms with E-state index in [-0.39, 0.29) is 18.7 Å². The number of para-hydroxylation sites is 1. The van der Waals surface area contributed by atoms with Crippen molar-refractivity contribution in [3.05, 3.63) is 30.3 Å². The van der Waals surface area contributed by atoms with E-state index < -0.39 is 12.0 Å². The van der Waals surface area contributed by atoms with Gasteiger partial charge in [-0.1, -0.05) is 18.2 Å². The van der Waals surface area contributed by atoms with Crippen LogP contribution in [0.4, 0.5) is 5.69 Å². The lowest BCUT2D eigenvalue weighted by atomic mass is 10.1. The van der Waals surface area contributed by atoms with Gasteiger partial charge in [-0.2, -0.15) is 0 Å². The third kappa shape index (κ3) is 3.85. The maximum Gasteiger partial charge on any atom is 0.303 e. The van der Waals surface area contributed by atoms with Crippen molar-refractivity contribution in [1.29, 1.82) is 0 Å². The molecule has 0 spiro atoms. The van der Waals surface area contributed by atoms with Crippen LogP contribution in [0.1, 0.15) is 19.8 Å². The average molecular weight is 250 g/mol. The number of carbonyl (C=O) groups is 2. The van der Waals surface area contributed by atoms with E-state index in [2.05, 4.69) is 0 Å². The minimum atomic E-state index is -0.944. The number of nitrogens with two attached hydrogens (primary N) is 1. The van der Waals surface area contributed by atoms with Crippen molar-refractivity contribution in [1.82, 2.24) is 0 Å². The molecule has 0 fully saturated rings. The molecule has 0 aromatic heterocycles. The lowest BCUT2D eigenvalue weighted by molar-refractivity contribution is -0.137. The minimum absolute atomic E-state index is 0.0980. The predicted molar refractivity (Wildman–Crippen MR) is 69.3 cm³/mol. The van der Waals surface area contributed by atoms with E-state index >= 15 is 0 Å². The fraction of sp³-hybridized carbons (Fsp3) is 0.385. The number of carboxylic acid groups (broad SMARTS) is 1. The number of carbonyl (C=O) groups excluding carboxylic acids is 1.